The van der Waals surface area contributed by atoms with Crippen LogP contribution in [0.4, 0.5) is 0 Å². The summed E-state index contributed by atoms with van der Waals surface area (Å²) in [5, 5.41) is 4.24. The minimum Gasteiger partial charge on any atom is -0.489 e. The van der Waals surface area contributed by atoms with Crippen molar-refractivity contribution in [1.29, 1.82) is 0 Å². The molecule has 0 spiro atoms. The van der Waals surface area contributed by atoms with Crippen LogP contribution in [0.5, 0.6) is 11.5 Å². The van der Waals surface area contributed by atoms with Gasteiger partial charge in [-0.05, 0) is 31.0 Å². The lowest BCUT2D eigenvalue weighted by atomic mass is 9.97. The van der Waals surface area contributed by atoms with Gasteiger partial charge in [-0.25, -0.2) is 0 Å². The molecule has 2 aliphatic rings. The van der Waals surface area contributed by atoms with Crippen molar-refractivity contribution < 1.29 is 9.47 Å². The number of benzene rings is 1. The van der Waals surface area contributed by atoms with Crippen LogP contribution in [0.1, 0.15) is 38.3 Å². The summed E-state index contributed by atoms with van der Waals surface area (Å²) in [6.45, 7) is 6.65. The Bertz CT molecular complexity index is 481. The number of rotatable bonds is 1. The van der Waals surface area contributed by atoms with E-state index in [1.165, 1.54) is 6.42 Å². The van der Waals surface area contributed by atoms with Gasteiger partial charge in [-0.15, -0.1) is 0 Å². The number of fused-ring (bicyclic) bond motifs is 1. The minimum atomic E-state index is 0.0251. The van der Waals surface area contributed by atoms with Gasteiger partial charge in [0.25, 0.3) is 0 Å². The topological polar surface area (TPSA) is 30.5 Å². The Morgan fingerprint density at radius 3 is 2.53 bits per heavy atom. The van der Waals surface area contributed by atoms with Gasteiger partial charge in [0.2, 0.25) is 0 Å². The maximum atomic E-state index is 6.39. The first-order chi connectivity index (χ1) is 9.05. The lowest BCUT2D eigenvalue weighted by molar-refractivity contribution is 0.140. The molecule has 1 aromatic carbocycles. The van der Waals surface area contributed by atoms with Gasteiger partial charge in [0.15, 0.2) is 11.5 Å². The van der Waals surface area contributed by atoms with Gasteiger partial charge >= 0.3 is 0 Å². The molecule has 1 atom stereocenters. The van der Waals surface area contributed by atoms with Crippen molar-refractivity contribution in [3.8, 4) is 11.5 Å². The van der Waals surface area contributed by atoms with Crippen LogP contribution < -0.4 is 14.8 Å². The molecule has 0 amide bonds. The van der Waals surface area contributed by atoms with Crippen molar-refractivity contribution in [2.45, 2.75) is 32.7 Å². The van der Waals surface area contributed by atoms with Crippen molar-refractivity contribution in [2.24, 2.45) is 5.41 Å². The first-order valence-electron chi connectivity index (χ1n) is 6.88. The van der Waals surface area contributed by atoms with E-state index in [0.717, 1.165) is 35.1 Å². The van der Waals surface area contributed by atoms with Crippen LogP contribution in [0.2, 0.25) is 5.02 Å². The van der Waals surface area contributed by atoms with E-state index in [-0.39, 0.29) is 5.41 Å². The van der Waals surface area contributed by atoms with E-state index in [4.69, 9.17) is 21.1 Å². The minimum absolute atomic E-state index is 0.0251. The molecular formula is C15H20ClNO2. The summed E-state index contributed by atoms with van der Waals surface area (Å²) in [5.41, 5.74) is 1.15. The summed E-state index contributed by atoms with van der Waals surface area (Å²) in [5.74, 6) is 1.58. The summed E-state index contributed by atoms with van der Waals surface area (Å²) >= 11 is 6.39. The zero-order valence-corrected chi connectivity index (χ0v) is 12.2. The van der Waals surface area contributed by atoms with Gasteiger partial charge in [0.1, 0.15) is 0 Å². The Morgan fingerprint density at radius 2 is 1.89 bits per heavy atom. The molecule has 1 aromatic rings. The molecule has 104 valence electrons. The molecule has 0 aromatic heterocycles. The highest BCUT2D eigenvalue weighted by atomic mass is 35.5. The Balaban J connectivity index is 1.92. The SMILES string of the molecule is CC1(C)COc2cc(Cl)c(C3CCCN3)cc2OC1. The average Bonchev–Trinajstić information content (AvgIpc) is 2.84. The van der Waals surface area contributed by atoms with Crippen LogP contribution in [0.25, 0.3) is 0 Å². The summed E-state index contributed by atoms with van der Waals surface area (Å²) < 4.78 is 11.7. The third kappa shape index (κ3) is 2.67. The van der Waals surface area contributed by atoms with Crippen LogP contribution in [-0.2, 0) is 0 Å². The fourth-order valence-electron chi connectivity index (χ4n) is 2.58. The van der Waals surface area contributed by atoms with E-state index in [9.17, 15) is 0 Å². The molecule has 1 unspecified atom stereocenters. The second-order valence-electron chi connectivity index (χ2n) is 6.21. The van der Waals surface area contributed by atoms with E-state index < -0.39 is 0 Å². The van der Waals surface area contributed by atoms with Crippen molar-refractivity contribution in [2.75, 3.05) is 19.8 Å². The molecule has 1 saturated heterocycles. The molecule has 0 aliphatic carbocycles. The predicted octanol–water partition coefficient (Wildman–Crippen LogP) is 3.56. The maximum absolute atomic E-state index is 6.39. The van der Waals surface area contributed by atoms with E-state index in [2.05, 4.69) is 19.2 Å². The highest BCUT2D eigenvalue weighted by Crippen LogP contribution is 2.40. The molecule has 19 heavy (non-hydrogen) atoms. The third-order valence-electron chi connectivity index (χ3n) is 3.74. The van der Waals surface area contributed by atoms with E-state index in [1.807, 2.05) is 12.1 Å². The zero-order chi connectivity index (χ0) is 13.5. The fraction of sp³-hybridized carbons (Fsp3) is 0.600. The van der Waals surface area contributed by atoms with Gasteiger partial charge in [0, 0.05) is 22.5 Å². The van der Waals surface area contributed by atoms with Gasteiger partial charge < -0.3 is 14.8 Å². The van der Waals surface area contributed by atoms with Crippen LogP contribution in [0.15, 0.2) is 12.1 Å². The predicted molar refractivity (Wildman–Crippen MR) is 76.2 cm³/mol. The summed E-state index contributed by atoms with van der Waals surface area (Å²) in [7, 11) is 0. The molecular weight excluding hydrogens is 262 g/mol. The monoisotopic (exact) mass is 281 g/mol. The summed E-state index contributed by atoms with van der Waals surface area (Å²) in [6, 6.07) is 4.29. The third-order valence-corrected chi connectivity index (χ3v) is 4.06. The van der Waals surface area contributed by atoms with E-state index >= 15 is 0 Å². The molecule has 1 N–H and O–H groups in total. The van der Waals surface area contributed by atoms with Gasteiger partial charge in [-0.1, -0.05) is 25.4 Å². The maximum Gasteiger partial charge on any atom is 0.162 e. The quantitative estimate of drug-likeness (QED) is 0.854. The smallest absolute Gasteiger partial charge is 0.162 e. The standard InChI is InChI=1S/C15H20ClNO2/c1-15(2)8-18-13-6-10(12-4-3-5-17-12)11(16)7-14(13)19-9-15/h6-7,12,17H,3-5,8-9H2,1-2H3. The molecule has 3 nitrogen and oxygen atoms in total. The van der Waals surface area contributed by atoms with Crippen LogP contribution in [0, 0.1) is 5.41 Å². The molecule has 2 heterocycles. The lowest BCUT2D eigenvalue weighted by Crippen LogP contribution is -2.26. The van der Waals surface area contributed by atoms with Gasteiger partial charge in [-0.2, -0.15) is 0 Å². The summed E-state index contributed by atoms with van der Waals surface area (Å²) in [6.07, 6.45) is 2.33. The Labute approximate surface area is 119 Å². The van der Waals surface area contributed by atoms with Crippen LogP contribution in [0.3, 0.4) is 0 Å². The lowest BCUT2D eigenvalue weighted by Gasteiger charge is -2.19. The number of nitrogens with one attached hydrogen (secondary N) is 1. The largest absolute Gasteiger partial charge is 0.489 e. The highest BCUT2D eigenvalue weighted by Gasteiger charge is 2.27. The average molecular weight is 282 g/mol. The number of halogens is 1. The van der Waals surface area contributed by atoms with Crippen molar-refractivity contribution in [1.82, 2.24) is 5.32 Å². The van der Waals surface area contributed by atoms with Gasteiger partial charge in [-0.3, -0.25) is 0 Å². The number of hydrogen-bond donors (Lipinski definition) is 1. The number of ether oxygens (including phenoxy) is 2. The summed E-state index contributed by atoms with van der Waals surface area (Å²) in [4.78, 5) is 0. The molecule has 2 aliphatic heterocycles. The fourth-order valence-corrected chi connectivity index (χ4v) is 2.87. The van der Waals surface area contributed by atoms with Crippen molar-refractivity contribution in [3.05, 3.63) is 22.7 Å². The molecule has 4 heteroatoms. The Kier molecular flexibility index (Phi) is 3.35. The highest BCUT2D eigenvalue weighted by molar-refractivity contribution is 6.31. The Hall–Kier alpha value is -0.930. The van der Waals surface area contributed by atoms with E-state index in [1.54, 1.807) is 0 Å². The van der Waals surface area contributed by atoms with Crippen molar-refractivity contribution in [3.63, 3.8) is 0 Å². The first-order valence-corrected chi connectivity index (χ1v) is 7.25. The van der Waals surface area contributed by atoms with Crippen LogP contribution in [-0.4, -0.2) is 19.8 Å². The van der Waals surface area contributed by atoms with Gasteiger partial charge in [0.05, 0.1) is 13.2 Å². The normalized spacial score (nSPS) is 25.1. The molecule has 3 rings (SSSR count). The molecule has 0 saturated carbocycles. The zero-order valence-electron chi connectivity index (χ0n) is 11.5. The van der Waals surface area contributed by atoms with Crippen molar-refractivity contribution >= 4 is 11.6 Å². The Morgan fingerprint density at radius 1 is 1.21 bits per heavy atom. The first kappa shape index (κ1) is 13.1. The number of hydrogen-bond acceptors (Lipinski definition) is 3. The second-order valence-corrected chi connectivity index (χ2v) is 6.62. The molecule has 1 fully saturated rings. The van der Waals surface area contributed by atoms with E-state index in [0.29, 0.717) is 19.3 Å². The van der Waals surface area contributed by atoms with Crippen LogP contribution >= 0.6 is 11.6 Å². The second kappa shape index (κ2) is 4.88. The molecule has 0 radical (unpaired) electrons. The molecule has 0 bridgehead atoms.